The fraction of sp³-hybridized carbons (Fsp3) is 0.240. The number of fused-ring (bicyclic) bond motifs is 1. The zero-order valence-corrected chi connectivity index (χ0v) is 19.5. The second-order valence-corrected chi connectivity index (χ2v) is 9.02. The van der Waals surface area contributed by atoms with Gasteiger partial charge in [-0.25, -0.2) is 4.98 Å². The molecule has 2 heterocycles. The van der Waals surface area contributed by atoms with Gasteiger partial charge in [0.1, 0.15) is 18.3 Å². The third-order valence-corrected chi connectivity index (χ3v) is 6.74. The van der Waals surface area contributed by atoms with Crippen molar-refractivity contribution in [3.63, 3.8) is 0 Å². The summed E-state index contributed by atoms with van der Waals surface area (Å²) in [4.78, 5) is 4.62. The molecule has 9 heteroatoms. The van der Waals surface area contributed by atoms with E-state index in [4.69, 9.17) is 27.9 Å². The maximum Gasteiger partial charge on any atom is 0.206 e. The van der Waals surface area contributed by atoms with Crippen LogP contribution in [0.4, 0.5) is 5.95 Å². The highest BCUT2D eigenvalue weighted by Crippen LogP contribution is 2.37. The lowest BCUT2D eigenvalue weighted by Crippen LogP contribution is -2.33. The monoisotopic (exact) mass is 499 g/mol. The molecule has 4 N–H and O–H groups in total. The second-order valence-electron chi connectivity index (χ2n) is 8.21. The van der Waals surface area contributed by atoms with Gasteiger partial charge in [0.2, 0.25) is 5.95 Å². The average molecular weight is 500 g/mol. The van der Waals surface area contributed by atoms with E-state index in [1.807, 2.05) is 30.3 Å². The van der Waals surface area contributed by atoms with E-state index in [1.165, 1.54) is 0 Å². The van der Waals surface area contributed by atoms with E-state index in [9.17, 15) is 15.3 Å². The van der Waals surface area contributed by atoms with Crippen LogP contribution in [-0.2, 0) is 11.3 Å². The molecule has 0 aliphatic carbocycles. The quantitative estimate of drug-likeness (QED) is 0.316. The van der Waals surface area contributed by atoms with Gasteiger partial charge in [0.05, 0.1) is 27.7 Å². The molecule has 34 heavy (non-hydrogen) atoms. The summed E-state index contributed by atoms with van der Waals surface area (Å²) < 4.78 is 7.41. The molecule has 176 valence electrons. The Kier molecular flexibility index (Phi) is 6.48. The fourth-order valence-electron chi connectivity index (χ4n) is 4.19. The molecule has 4 atom stereocenters. The molecule has 3 aromatic carbocycles. The summed E-state index contributed by atoms with van der Waals surface area (Å²) in [7, 11) is 0. The van der Waals surface area contributed by atoms with E-state index in [-0.39, 0.29) is 0 Å². The summed E-state index contributed by atoms with van der Waals surface area (Å²) in [6.45, 7) is 0.0269. The van der Waals surface area contributed by atoms with E-state index in [0.29, 0.717) is 33.6 Å². The lowest BCUT2D eigenvalue weighted by atomic mass is 10.0. The van der Waals surface area contributed by atoms with Crippen molar-refractivity contribution in [1.82, 2.24) is 9.55 Å². The van der Waals surface area contributed by atoms with Gasteiger partial charge in [-0.05, 0) is 28.8 Å². The second kappa shape index (κ2) is 9.54. The molecule has 5 rings (SSSR count). The molecule has 1 fully saturated rings. The largest absolute Gasteiger partial charge is 0.394 e. The number of aliphatic hydroxyl groups excluding tert-OH is 3. The average Bonchev–Trinajstić information content (AvgIpc) is 3.34. The number of aliphatic hydroxyl groups is 3. The van der Waals surface area contributed by atoms with Crippen LogP contribution in [0.15, 0.2) is 66.7 Å². The lowest BCUT2D eigenvalue weighted by Gasteiger charge is -2.20. The molecule has 0 saturated carbocycles. The molecular formula is C25H23Cl2N3O4. The van der Waals surface area contributed by atoms with Gasteiger partial charge < -0.3 is 25.4 Å². The Bertz CT molecular complexity index is 1300. The van der Waals surface area contributed by atoms with Crippen molar-refractivity contribution in [3.8, 4) is 11.1 Å². The number of ether oxygens (including phenoxy) is 1. The Balaban J connectivity index is 1.45. The Morgan fingerprint density at radius 1 is 0.912 bits per heavy atom. The number of nitrogens with zero attached hydrogens (tertiary/aromatic N) is 2. The summed E-state index contributed by atoms with van der Waals surface area (Å²) >= 11 is 12.4. The van der Waals surface area contributed by atoms with Crippen LogP contribution in [0.2, 0.25) is 10.0 Å². The van der Waals surface area contributed by atoms with Crippen molar-refractivity contribution in [2.75, 3.05) is 11.9 Å². The third kappa shape index (κ3) is 4.27. The van der Waals surface area contributed by atoms with Crippen molar-refractivity contribution in [1.29, 1.82) is 0 Å². The van der Waals surface area contributed by atoms with Crippen molar-refractivity contribution in [2.24, 2.45) is 0 Å². The number of aromatic nitrogens is 2. The highest BCUT2D eigenvalue weighted by atomic mass is 35.5. The normalized spacial score (nSPS) is 22.4. The summed E-state index contributed by atoms with van der Waals surface area (Å²) in [6.07, 6.45) is -4.40. The maximum absolute atomic E-state index is 10.6. The molecule has 0 bridgehead atoms. The lowest BCUT2D eigenvalue weighted by molar-refractivity contribution is -0.0499. The molecule has 7 nitrogen and oxygen atoms in total. The van der Waals surface area contributed by atoms with Gasteiger partial charge in [-0.3, -0.25) is 4.57 Å². The highest BCUT2D eigenvalue weighted by molar-refractivity contribution is 6.42. The van der Waals surface area contributed by atoms with Gasteiger partial charge in [-0.15, -0.1) is 0 Å². The van der Waals surface area contributed by atoms with Crippen molar-refractivity contribution in [2.45, 2.75) is 31.1 Å². The maximum atomic E-state index is 10.6. The van der Waals surface area contributed by atoms with Gasteiger partial charge >= 0.3 is 0 Å². The van der Waals surface area contributed by atoms with E-state index in [0.717, 1.165) is 16.7 Å². The van der Waals surface area contributed by atoms with Crippen LogP contribution in [-0.4, -0.2) is 49.8 Å². The minimum absolute atomic E-state index is 0.324. The fourth-order valence-corrected chi connectivity index (χ4v) is 4.51. The van der Waals surface area contributed by atoms with Crippen LogP contribution in [0, 0.1) is 0 Å². The van der Waals surface area contributed by atoms with Crippen LogP contribution in [0.1, 0.15) is 11.8 Å². The SMILES string of the molecule is OC[C@H]1O[C@@H](n2c(NCc3ccc(-c4ccccc4)cc3)nc3cc(Cl)c(Cl)cc32)[C@H](O)[C@@H]1O. The number of halogens is 2. The Labute approximate surface area is 206 Å². The number of anilines is 1. The van der Waals surface area contributed by atoms with Crippen LogP contribution in [0.3, 0.4) is 0 Å². The zero-order chi connectivity index (χ0) is 23.8. The zero-order valence-electron chi connectivity index (χ0n) is 18.0. The first-order valence-corrected chi connectivity index (χ1v) is 11.6. The first kappa shape index (κ1) is 23.1. The van der Waals surface area contributed by atoms with E-state index in [2.05, 4.69) is 34.6 Å². The van der Waals surface area contributed by atoms with Crippen molar-refractivity contribution in [3.05, 3.63) is 82.3 Å². The smallest absolute Gasteiger partial charge is 0.206 e. The predicted molar refractivity (Wildman–Crippen MR) is 132 cm³/mol. The minimum atomic E-state index is -1.27. The predicted octanol–water partition coefficient (Wildman–Crippen LogP) is 4.23. The molecule has 1 aromatic heterocycles. The van der Waals surface area contributed by atoms with Gasteiger partial charge in [0.25, 0.3) is 0 Å². The molecular weight excluding hydrogens is 477 g/mol. The van der Waals surface area contributed by atoms with Crippen LogP contribution in [0.5, 0.6) is 0 Å². The number of imidazole rings is 1. The third-order valence-electron chi connectivity index (χ3n) is 6.01. The summed E-state index contributed by atoms with van der Waals surface area (Å²) in [5.74, 6) is 0.412. The van der Waals surface area contributed by atoms with Crippen LogP contribution >= 0.6 is 23.2 Å². The number of rotatable bonds is 6. The molecule has 1 saturated heterocycles. The Hall–Kier alpha value is -2.65. The Morgan fingerprint density at radius 2 is 1.59 bits per heavy atom. The number of hydrogen-bond donors (Lipinski definition) is 4. The molecule has 0 spiro atoms. The highest BCUT2D eigenvalue weighted by Gasteiger charge is 2.44. The number of hydrogen-bond acceptors (Lipinski definition) is 6. The van der Waals surface area contributed by atoms with Crippen LogP contribution < -0.4 is 5.32 Å². The van der Waals surface area contributed by atoms with Gasteiger partial charge in [0, 0.05) is 6.54 Å². The standard InChI is InChI=1S/C25H23Cl2N3O4/c26-17-10-19-20(11-18(17)27)30(24-23(33)22(32)21(13-31)34-24)25(29-19)28-12-14-6-8-16(9-7-14)15-4-2-1-3-5-15/h1-11,21-24,31-33H,12-13H2,(H,28,29)/t21-,22-,23-,24-/m1/s1. The molecule has 1 aliphatic heterocycles. The molecule has 4 aromatic rings. The Morgan fingerprint density at radius 3 is 2.26 bits per heavy atom. The number of benzene rings is 3. The molecule has 0 unspecified atom stereocenters. The van der Waals surface area contributed by atoms with E-state index >= 15 is 0 Å². The first-order valence-electron chi connectivity index (χ1n) is 10.8. The van der Waals surface area contributed by atoms with Gasteiger partial charge in [0.15, 0.2) is 6.23 Å². The van der Waals surface area contributed by atoms with Crippen molar-refractivity contribution < 1.29 is 20.1 Å². The van der Waals surface area contributed by atoms with E-state index < -0.39 is 31.1 Å². The van der Waals surface area contributed by atoms with Crippen molar-refractivity contribution >= 4 is 40.2 Å². The first-order chi connectivity index (χ1) is 16.5. The molecule has 0 radical (unpaired) electrons. The number of nitrogens with one attached hydrogen (secondary N) is 1. The van der Waals surface area contributed by atoms with Gasteiger partial charge in [-0.1, -0.05) is 77.8 Å². The van der Waals surface area contributed by atoms with E-state index in [1.54, 1.807) is 16.7 Å². The van der Waals surface area contributed by atoms with Gasteiger partial charge in [-0.2, -0.15) is 0 Å². The molecule has 1 aliphatic rings. The summed E-state index contributed by atoms with van der Waals surface area (Å²) in [6, 6.07) is 21.6. The summed E-state index contributed by atoms with van der Waals surface area (Å²) in [5, 5.41) is 34.4. The minimum Gasteiger partial charge on any atom is -0.394 e. The van der Waals surface area contributed by atoms with Crippen LogP contribution in [0.25, 0.3) is 22.2 Å². The topological polar surface area (TPSA) is 99.8 Å². The molecule has 0 amide bonds. The summed E-state index contributed by atoms with van der Waals surface area (Å²) in [5.41, 5.74) is 4.41.